The molecule has 0 spiro atoms. The number of rotatable bonds is 6. The van der Waals surface area contributed by atoms with Crippen LogP contribution in [-0.2, 0) is 0 Å². The summed E-state index contributed by atoms with van der Waals surface area (Å²) in [6, 6.07) is 10.1. The summed E-state index contributed by atoms with van der Waals surface area (Å²) in [6.45, 7) is 2.81. The summed E-state index contributed by atoms with van der Waals surface area (Å²) in [5, 5.41) is 3.32. The van der Waals surface area contributed by atoms with E-state index in [1.165, 1.54) is 0 Å². The van der Waals surface area contributed by atoms with Crippen molar-refractivity contribution in [3.05, 3.63) is 56.7 Å². The summed E-state index contributed by atoms with van der Waals surface area (Å²) in [4.78, 5) is 4.53. The van der Waals surface area contributed by atoms with Crippen molar-refractivity contribution in [3.8, 4) is 5.75 Å². The minimum absolute atomic E-state index is 0.0273. The monoisotopic (exact) mass is 412 g/mol. The van der Waals surface area contributed by atoms with Crippen LogP contribution in [0.2, 0.25) is 0 Å². The Kier molecular flexibility index (Phi) is 6.21. The van der Waals surface area contributed by atoms with Gasteiger partial charge in [0.1, 0.15) is 5.75 Å². The molecule has 1 N–H and O–H groups in total. The van der Waals surface area contributed by atoms with Crippen LogP contribution in [0.4, 0.5) is 0 Å². The van der Waals surface area contributed by atoms with Crippen molar-refractivity contribution in [2.24, 2.45) is 0 Å². The number of nitrogens with zero attached hydrogens (tertiary/aromatic N) is 1. The Morgan fingerprint density at radius 2 is 2.05 bits per heavy atom. The molecule has 112 valence electrons. The number of ether oxygens (including phenoxy) is 1. The summed E-state index contributed by atoms with van der Waals surface area (Å²) in [5.74, 6) is 0.898. The molecule has 3 nitrogen and oxygen atoms in total. The van der Waals surface area contributed by atoms with E-state index in [2.05, 4.69) is 55.2 Å². The molecular formula is C16H18Br2N2O. The second kappa shape index (κ2) is 7.92. The average Bonchev–Trinajstić information content (AvgIpc) is 2.49. The Bertz CT molecular complexity index is 605. The Morgan fingerprint density at radius 3 is 2.71 bits per heavy atom. The van der Waals surface area contributed by atoms with E-state index >= 15 is 0 Å². The van der Waals surface area contributed by atoms with E-state index in [0.29, 0.717) is 6.61 Å². The highest BCUT2D eigenvalue weighted by Crippen LogP contribution is 2.33. The van der Waals surface area contributed by atoms with E-state index in [-0.39, 0.29) is 6.04 Å². The smallest absolute Gasteiger partial charge is 0.124 e. The molecule has 0 radical (unpaired) electrons. The van der Waals surface area contributed by atoms with E-state index in [1.807, 2.05) is 31.3 Å². The van der Waals surface area contributed by atoms with Gasteiger partial charge >= 0.3 is 0 Å². The van der Waals surface area contributed by atoms with E-state index in [0.717, 1.165) is 32.4 Å². The van der Waals surface area contributed by atoms with Crippen molar-refractivity contribution in [1.82, 2.24) is 10.3 Å². The van der Waals surface area contributed by atoms with Crippen LogP contribution in [0.3, 0.4) is 0 Å². The molecule has 2 aromatic rings. The molecule has 0 saturated heterocycles. The van der Waals surface area contributed by atoms with E-state index in [9.17, 15) is 0 Å². The largest absolute Gasteiger partial charge is 0.493 e. The van der Waals surface area contributed by atoms with Crippen molar-refractivity contribution >= 4 is 31.9 Å². The fourth-order valence-corrected chi connectivity index (χ4v) is 3.36. The van der Waals surface area contributed by atoms with E-state index in [4.69, 9.17) is 4.74 Å². The van der Waals surface area contributed by atoms with Crippen molar-refractivity contribution in [2.45, 2.75) is 19.4 Å². The van der Waals surface area contributed by atoms with Gasteiger partial charge in [0.2, 0.25) is 0 Å². The summed E-state index contributed by atoms with van der Waals surface area (Å²) < 4.78 is 7.77. The first-order chi connectivity index (χ1) is 10.2. The number of pyridine rings is 1. The van der Waals surface area contributed by atoms with Gasteiger partial charge in [-0.2, -0.15) is 0 Å². The number of halogens is 2. The van der Waals surface area contributed by atoms with Gasteiger partial charge < -0.3 is 10.1 Å². The first kappa shape index (κ1) is 16.5. The standard InChI is InChI=1S/C16H18Br2N2O/c1-3-8-21-14-7-5-4-6-12(14)15(19-2)16-13(18)9-11(17)10-20-16/h4-7,9-10,15,19H,3,8H2,1-2H3. The van der Waals surface area contributed by atoms with Gasteiger partial charge in [0.05, 0.1) is 18.3 Å². The second-order valence-electron chi connectivity index (χ2n) is 4.63. The van der Waals surface area contributed by atoms with Crippen LogP contribution in [0.5, 0.6) is 5.75 Å². The van der Waals surface area contributed by atoms with Crippen molar-refractivity contribution < 1.29 is 4.74 Å². The van der Waals surface area contributed by atoms with Crippen molar-refractivity contribution in [3.63, 3.8) is 0 Å². The van der Waals surface area contributed by atoms with E-state index < -0.39 is 0 Å². The van der Waals surface area contributed by atoms with Gasteiger partial charge in [-0.1, -0.05) is 25.1 Å². The molecule has 1 heterocycles. The maximum atomic E-state index is 5.86. The predicted molar refractivity (Wildman–Crippen MR) is 92.8 cm³/mol. The molecule has 5 heteroatoms. The van der Waals surface area contributed by atoms with Gasteiger partial charge in [0, 0.05) is 20.7 Å². The van der Waals surface area contributed by atoms with Gasteiger partial charge in [-0.25, -0.2) is 0 Å². The summed E-state index contributed by atoms with van der Waals surface area (Å²) in [7, 11) is 1.93. The highest BCUT2D eigenvalue weighted by Gasteiger charge is 2.20. The number of aromatic nitrogens is 1. The predicted octanol–water partition coefficient (Wildman–Crippen LogP) is 4.70. The van der Waals surface area contributed by atoms with Crippen LogP contribution in [0.25, 0.3) is 0 Å². The van der Waals surface area contributed by atoms with Crippen LogP contribution in [0.1, 0.15) is 30.6 Å². The molecule has 0 aliphatic heterocycles. The summed E-state index contributed by atoms with van der Waals surface area (Å²) in [5.41, 5.74) is 2.03. The number of benzene rings is 1. The molecule has 0 bridgehead atoms. The molecule has 0 fully saturated rings. The molecule has 0 amide bonds. The van der Waals surface area contributed by atoms with Crippen LogP contribution >= 0.6 is 31.9 Å². The fraction of sp³-hybridized carbons (Fsp3) is 0.312. The Morgan fingerprint density at radius 1 is 1.29 bits per heavy atom. The molecular weight excluding hydrogens is 396 g/mol. The molecule has 1 aromatic carbocycles. The van der Waals surface area contributed by atoms with Gasteiger partial charge in [0.25, 0.3) is 0 Å². The molecule has 2 rings (SSSR count). The third-order valence-corrected chi connectivity index (χ3v) is 4.16. The fourth-order valence-electron chi connectivity index (χ4n) is 2.14. The number of hydrogen-bond acceptors (Lipinski definition) is 3. The van der Waals surface area contributed by atoms with Gasteiger partial charge in [-0.05, 0) is 57.5 Å². The third-order valence-electron chi connectivity index (χ3n) is 3.09. The first-order valence-corrected chi connectivity index (χ1v) is 8.46. The summed E-state index contributed by atoms with van der Waals surface area (Å²) in [6.07, 6.45) is 2.79. The zero-order valence-electron chi connectivity index (χ0n) is 12.1. The highest BCUT2D eigenvalue weighted by molar-refractivity contribution is 9.11. The molecule has 0 aliphatic rings. The van der Waals surface area contributed by atoms with Gasteiger partial charge in [-0.15, -0.1) is 0 Å². The molecule has 0 saturated carbocycles. The van der Waals surface area contributed by atoms with Crippen molar-refractivity contribution in [2.75, 3.05) is 13.7 Å². The minimum atomic E-state index is -0.0273. The van der Waals surface area contributed by atoms with E-state index in [1.54, 1.807) is 6.20 Å². The first-order valence-electron chi connectivity index (χ1n) is 6.87. The lowest BCUT2D eigenvalue weighted by atomic mass is 10.0. The molecule has 0 aliphatic carbocycles. The molecule has 1 aromatic heterocycles. The molecule has 21 heavy (non-hydrogen) atoms. The van der Waals surface area contributed by atoms with Crippen LogP contribution < -0.4 is 10.1 Å². The third kappa shape index (κ3) is 4.05. The number of para-hydroxylation sites is 1. The van der Waals surface area contributed by atoms with Crippen LogP contribution in [-0.4, -0.2) is 18.6 Å². The maximum Gasteiger partial charge on any atom is 0.124 e. The number of nitrogens with one attached hydrogen (secondary N) is 1. The maximum absolute atomic E-state index is 5.86. The SMILES string of the molecule is CCCOc1ccccc1C(NC)c1ncc(Br)cc1Br. The highest BCUT2D eigenvalue weighted by atomic mass is 79.9. The zero-order valence-corrected chi connectivity index (χ0v) is 15.2. The minimum Gasteiger partial charge on any atom is -0.493 e. The Balaban J connectivity index is 2.41. The second-order valence-corrected chi connectivity index (χ2v) is 6.40. The quantitative estimate of drug-likeness (QED) is 0.744. The average molecular weight is 414 g/mol. The lowest BCUT2D eigenvalue weighted by Crippen LogP contribution is -2.20. The van der Waals surface area contributed by atoms with Crippen LogP contribution in [0.15, 0.2) is 45.5 Å². The molecule has 1 atom stereocenters. The van der Waals surface area contributed by atoms with Crippen molar-refractivity contribution in [1.29, 1.82) is 0 Å². The summed E-state index contributed by atoms with van der Waals surface area (Å²) >= 11 is 7.02. The Hall–Kier alpha value is -0.910. The Labute approximate surface area is 142 Å². The number of hydrogen-bond donors (Lipinski definition) is 1. The normalized spacial score (nSPS) is 12.2. The lowest BCUT2D eigenvalue weighted by molar-refractivity contribution is 0.312. The topological polar surface area (TPSA) is 34.1 Å². The zero-order chi connectivity index (χ0) is 15.2. The molecule has 1 unspecified atom stereocenters. The van der Waals surface area contributed by atoms with Crippen LogP contribution in [0, 0.1) is 0 Å². The lowest BCUT2D eigenvalue weighted by Gasteiger charge is -2.20. The van der Waals surface area contributed by atoms with Gasteiger partial charge in [-0.3, -0.25) is 4.98 Å². The van der Waals surface area contributed by atoms with Gasteiger partial charge in [0.15, 0.2) is 0 Å².